The van der Waals surface area contributed by atoms with Gasteiger partial charge in [-0.25, -0.2) is 0 Å². The largest absolute Gasteiger partial charge is 0.282 e. The number of hydrogen-bond donors (Lipinski definition) is 0. The van der Waals surface area contributed by atoms with Gasteiger partial charge in [-0.15, -0.1) is 0 Å². The molecule has 0 atom stereocenters. The standard InChI is InChI=1S/C24H27N2O2PS/c1-21-15-17-24(18-16-21)30(27,28)25-29(22-11-5-2-6-12-22,23-13-7-3-8-14-23)26-19-9-4-10-20-26/h2-3,5-8,11-18H,4,9-10,19-20H2,1H3. The van der Waals surface area contributed by atoms with Gasteiger partial charge in [0.15, 0.2) is 0 Å². The molecular formula is C24H27N2O2PS. The van der Waals surface area contributed by atoms with Crippen LogP contribution in [0.15, 0.2) is 94.0 Å². The van der Waals surface area contributed by atoms with Crippen LogP contribution in [-0.2, 0) is 10.0 Å². The number of sulfonamides is 1. The molecule has 0 unspecified atom stereocenters. The smallest absolute Gasteiger partial charge is 0.262 e. The van der Waals surface area contributed by atoms with Crippen molar-refractivity contribution in [2.24, 2.45) is 4.15 Å². The maximum absolute atomic E-state index is 13.6. The van der Waals surface area contributed by atoms with Crippen molar-refractivity contribution in [1.82, 2.24) is 4.67 Å². The third-order valence-electron chi connectivity index (χ3n) is 5.52. The lowest BCUT2D eigenvalue weighted by atomic mass is 10.2. The fourth-order valence-electron chi connectivity index (χ4n) is 3.97. The third kappa shape index (κ3) is 4.15. The van der Waals surface area contributed by atoms with E-state index in [0.29, 0.717) is 0 Å². The highest BCUT2D eigenvalue weighted by Crippen LogP contribution is 2.53. The second kappa shape index (κ2) is 8.89. The Balaban J connectivity index is 2.03. The molecule has 6 heteroatoms. The van der Waals surface area contributed by atoms with Gasteiger partial charge in [0.2, 0.25) is 0 Å². The molecule has 0 aliphatic carbocycles. The highest BCUT2D eigenvalue weighted by molar-refractivity contribution is 7.96. The summed E-state index contributed by atoms with van der Waals surface area (Å²) in [5, 5.41) is 1.96. The first-order valence-electron chi connectivity index (χ1n) is 10.3. The molecule has 0 radical (unpaired) electrons. The van der Waals surface area contributed by atoms with Crippen LogP contribution in [0.5, 0.6) is 0 Å². The molecule has 3 aromatic carbocycles. The maximum atomic E-state index is 13.6. The van der Waals surface area contributed by atoms with Gasteiger partial charge in [-0.1, -0.05) is 84.8 Å². The van der Waals surface area contributed by atoms with Crippen molar-refractivity contribution < 1.29 is 8.42 Å². The van der Waals surface area contributed by atoms with Crippen LogP contribution in [0.25, 0.3) is 0 Å². The van der Waals surface area contributed by atoms with Gasteiger partial charge in [-0.05, 0) is 31.9 Å². The normalized spacial score (nSPS) is 15.6. The van der Waals surface area contributed by atoms with Crippen LogP contribution in [0.1, 0.15) is 24.8 Å². The Labute approximate surface area is 179 Å². The summed E-state index contributed by atoms with van der Waals surface area (Å²) in [6, 6.07) is 26.9. The number of nitrogens with zero attached hydrogens (tertiary/aromatic N) is 2. The highest BCUT2D eigenvalue weighted by Gasteiger charge is 2.35. The van der Waals surface area contributed by atoms with E-state index in [9.17, 15) is 8.42 Å². The Morgan fingerprint density at radius 3 is 1.73 bits per heavy atom. The zero-order chi connectivity index (χ0) is 21.0. The van der Waals surface area contributed by atoms with Crippen molar-refractivity contribution in [3.05, 3.63) is 90.5 Å². The Kier molecular flexibility index (Phi) is 6.24. The van der Waals surface area contributed by atoms with E-state index in [4.69, 9.17) is 4.15 Å². The van der Waals surface area contributed by atoms with E-state index in [0.717, 1.165) is 42.1 Å². The van der Waals surface area contributed by atoms with Crippen LogP contribution in [-0.4, -0.2) is 26.2 Å². The lowest BCUT2D eigenvalue weighted by molar-refractivity contribution is 0.371. The van der Waals surface area contributed by atoms with Gasteiger partial charge in [0.05, 0.1) is 4.90 Å². The highest BCUT2D eigenvalue weighted by atomic mass is 32.2. The van der Waals surface area contributed by atoms with Crippen LogP contribution in [0.2, 0.25) is 0 Å². The Hall–Kier alpha value is -2.20. The van der Waals surface area contributed by atoms with Crippen LogP contribution in [0.4, 0.5) is 0 Å². The predicted molar refractivity (Wildman–Crippen MR) is 125 cm³/mol. The lowest BCUT2D eigenvalue weighted by Gasteiger charge is -2.39. The first kappa shape index (κ1) is 21.0. The fraction of sp³-hybridized carbons (Fsp3) is 0.250. The molecule has 0 bridgehead atoms. The van der Waals surface area contributed by atoms with E-state index in [1.54, 1.807) is 12.1 Å². The molecular weight excluding hydrogens is 411 g/mol. The number of rotatable bonds is 5. The Morgan fingerprint density at radius 2 is 1.23 bits per heavy atom. The molecule has 1 fully saturated rings. The molecule has 0 aromatic heterocycles. The molecule has 4 nitrogen and oxygen atoms in total. The van der Waals surface area contributed by atoms with Gasteiger partial charge in [-0.3, -0.25) is 4.67 Å². The van der Waals surface area contributed by atoms with Gasteiger partial charge < -0.3 is 0 Å². The summed E-state index contributed by atoms with van der Waals surface area (Å²) in [5.41, 5.74) is 1.03. The minimum atomic E-state index is -3.85. The van der Waals surface area contributed by atoms with Crippen LogP contribution < -0.4 is 10.6 Å². The fourth-order valence-corrected chi connectivity index (χ4v) is 10.2. The maximum Gasteiger partial charge on any atom is 0.282 e. The summed E-state index contributed by atoms with van der Waals surface area (Å²) in [5.74, 6) is 0. The molecule has 156 valence electrons. The van der Waals surface area contributed by atoms with Crippen molar-refractivity contribution in [2.45, 2.75) is 31.1 Å². The van der Waals surface area contributed by atoms with Gasteiger partial charge in [0.25, 0.3) is 10.0 Å². The quantitative estimate of drug-likeness (QED) is 0.531. The minimum Gasteiger partial charge on any atom is -0.262 e. The van der Waals surface area contributed by atoms with Crippen LogP contribution >= 0.6 is 7.21 Å². The topological polar surface area (TPSA) is 49.7 Å². The number of hydrogen-bond acceptors (Lipinski definition) is 2. The van der Waals surface area contributed by atoms with E-state index in [-0.39, 0.29) is 4.90 Å². The number of aryl methyl sites for hydroxylation is 1. The van der Waals surface area contributed by atoms with Crippen LogP contribution in [0.3, 0.4) is 0 Å². The minimum absolute atomic E-state index is 0.251. The number of benzene rings is 3. The van der Waals surface area contributed by atoms with Crippen molar-refractivity contribution >= 4 is 27.8 Å². The van der Waals surface area contributed by atoms with Crippen molar-refractivity contribution in [2.75, 3.05) is 13.1 Å². The zero-order valence-corrected chi connectivity index (χ0v) is 18.9. The lowest BCUT2D eigenvalue weighted by Crippen LogP contribution is -2.36. The molecule has 0 saturated carbocycles. The van der Waals surface area contributed by atoms with Gasteiger partial charge in [-0.2, -0.15) is 12.6 Å². The molecule has 1 heterocycles. The first-order valence-corrected chi connectivity index (χ1v) is 13.5. The molecule has 0 amide bonds. The van der Waals surface area contributed by atoms with E-state index in [2.05, 4.69) is 4.67 Å². The molecule has 30 heavy (non-hydrogen) atoms. The monoisotopic (exact) mass is 438 g/mol. The molecule has 1 aliphatic rings. The average Bonchev–Trinajstić information content (AvgIpc) is 2.79. The summed E-state index contributed by atoms with van der Waals surface area (Å²) in [7, 11) is -6.55. The molecule has 0 N–H and O–H groups in total. The van der Waals surface area contributed by atoms with E-state index >= 15 is 0 Å². The second-order valence-corrected chi connectivity index (χ2v) is 12.5. The molecule has 4 rings (SSSR count). The predicted octanol–water partition coefficient (Wildman–Crippen LogP) is 4.94. The summed E-state index contributed by atoms with van der Waals surface area (Å²) >= 11 is 0. The van der Waals surface area contributed by atoms with Crippen LogP contribution in [0, 0.1) is 6.92 Å². The Morgan fingerprint density at radius 1 is 0.733 bits per heavy atom. The number of piperidine rings is 1. The first-order chi connectivity index (χ1) is 14.5. The molecule has 3 aromatic rings. The molecule has 0 spiro atoms. The summed E-state index contributed by atoms with van der Waals surface area (Å²) < 4.78 is 34.3. The van der Waals surface area contributed by atoms with E-state index in [1.165, 1.54) is 6.42 Å². The van der Waals surface area contributed by atoms with Gasteiger partial charge in [0, 0.05) is 23.7 Å². The van der Waals surface area contributed by atoms with Crippen molar-refractivity contribution in [1.29, 1.82) is 0 Å². The van der Waals surface area contributed by atoms with Crippen molar-refractivity contribution in [3.63, 3.8) is 0 Å². The summed E-state index contributed by atoms with van der Waals surface area (Å²) in [4.78, 5) is 0.251. The average molecular weight is 439 g/mol. The third-order valence-corrected chi connectivity index (χ3v) is 11.4. The van der Waals surface area contributed by atoms with Gasteiger partial charge >= 0.3 is 0 Å². The molecule has 1 saturated heterocycles. The van der Waals surface area contributed by atoms with E-state index in [1.807, 2.05) is 79.7 Å². The molecule has 1 aliphatic heterocycles. The zero-order valence-electron chi connectivity index (χ0n) is 17.2. The summed E-state index contributed by atoms with van der Waals surface area (Å²) in [6.07, 6.45) is 3.29. The SMILES string of the molecule is Cc1ccc(S(=O)(=O)N=P(c2ccccc2)(c2ccccc2)N2CCCCC2)cc1. The van der Waals surface area contributed by atoms with Crippen molar-refractivity contribution in [3.8, 4) is 0 Å². The summed E-state index contributed by atoms with van der Waals surface area (Å²) in [6.45, 7) is 3.65. The van der Waals surface area contributed by atoms with E-state index < -0.39 is 17.2 Å². The Bertz CT molecular complexity index is 1100. The van der Waals surface area contributed by atoms with Gasteiger partial charge in [0.1, 0.15) is 7.21 Å². The second-order valence-electron chi connectivity index (χ2n) is 7.66.